The van der Waals surface area contributed by atoms with Crippen molar-refractivity contribution in [3.8, 4) is 34.1 Å². The van der Waals surface area contributed by atoms with Gasteiger partial charge < -0.3 is 34.3 Å². The number of carbonyl (C=O) groups excluding carboxylic acids is 5. The summed E-state index contributed by atoms with van der Waals surface area (Å²) in [6.07, 6.45) is 1.31. The molecule has 3 N–H and O–H groups in total. The Morgan fingerprint density at radius 1 is 0.738 bits per heavy atom. The molecule has 0 aliphatic heterocycles. The molecule has 0 amide bonds. The zero-order valence-electron chi connectivity index (χ0n) is 23.5. The third-order valence-electron chi connectivity index (χ3n) is 7.86. The molecule has 42 heavy (non-hydrogen) atoms. The molecule has 2 aromatic carbocycles. The predicted octanol–water partition coefficient (Wildman–Crippen LogP) is 2.58. The van der Waals surface area contributed by atoms with Crippen LogP contribution in [-0.4, -0.2) is 78.3 Å². The molecule has 2 atom stereocenters. The number of allylic oxidation sites excluding steroid dienone is 4. The third-order valence-corrected chi connectivity index (χ3v) is 7.86. The number of Topliss-reactive ketones (excluding diaryl/α,β-unsaturated/α-hetero) is 3. The fourth-order valence-corrected chi connectivity index (χ4v) is 6.31. The smallest absolute Gasteiger partial charge is 0.229 e. The third kappa shape index (κ3) is 3.61. The Morgan fingerprint density at radius 3 is 1.62 bits per heavy atom. The number of hydrogen-bond donors (Lipinski definition) is 3. The summed E-state index contributed by atoms with van der Waals surface area (Å²) in [4.78, 5) is 67.8. The first kappa shape index (κ1) is 28.6. The van der Waals surface area contributed by atoms with E-state index in [9.17, 15) is 39.3 Å². The molecule has 0 radical (unpaired) electrons. The summed E-state index contributed by atoms with van der Waals surface area (Å²) in [7, 11) is 4.65. The normalized spacial score (nSPS) is 20.8. The summed E-state index contributed by atoms with van der Waals surface area (Å²) >= 11 is 0. The molecule has 5 rings (SSSR count). The number of ketones is 5. The first-order chi connectivity index (χ1) is 19.8. The van der Waals surface area contributed by atoms with Crippen molar-refractivity contribution in [1.29, 1.82) is 0 Å². The van der Waals surface area contributed by atoms with Gasteiger partial charge in [-0.25, -0.2) is 0 Å². The van der Waals surface area contributed by atoms with Crippen LogP contribution in [-0.2, 0) is 20.7 Å². The van der Waals surface area contributed by atoms with Gasteiger partial charge >= 0.3 is 0 Å². The van der Waals surface area contributed by atoms with Gasteiger partial charge in [0, 0.05) is 52.0 Å². The molecule has 0 saturated heterocycles. The van der Waals surface area contributed by atoms with E-state index < -0.39 is 92.1 Å². The Kier molecular flexibility index (Phi) is 6.49. The summed E-state index contributed by atoms with van der Waals surface area (Å²) in [5.41, 5.74) is -4.59. The van der Waals surface area contributed by atoms with Crippen LogP contribution in [0.3, 0.4) is 0 Å². The maximum Gasteiger partial charge on any atom is 0.229 e. The van der Waals surface area contributed by atoms with E-state index in [1.807, 2.05) is 0 Å². The number of carbonyl (C=O) groups is 5. The maximum atomic E-state index is 13.9. The number of fused-ring (bicyclic) bond motifs is 7. The molecule has 0 saturated carbocycles. The van der Waals surface area contributed by atoms with Crippen LogP contribution >= 0.6 is 0 Å². The van der Waals surface area contributed by atoms with Gasteiger partial charge in [0.1, 0.15) is 5.78 Å². The van der Waals surface area contributed by atoms with Crippen LogP contribution < -0.4 is 9.47 Å². The Morgan fingerprint density at radius 2 is 1.19 bits per heavy atom. The molecule has 0 unspecified atom stereocenters. The van der Waals surface area contributed by atoms with Gasteiger partial charge in [0.25, 0.3) is 0 Å². The van der Waals surface area contributed by atoms with Crippen LogP contribution in [0, 0.1) is 0 Å². The molecule has 0 fully saturated rings. The molecule has 2 aromatic rings. The van der Waals surface area contributed by atoms with Crippen LogP contribution in [0.5, 0.6) is 23.0 Å². The second-order valence-electron chi connectivity index (χ2n) is 10.3. The second kappa shape index (κ2) is 9.55. The van der Waals surface area contributed by atoms with Crippen molar-refractivity contribution in [3.63, 3.8) is 0 Å². The van der Waals surface area contributed by atoms with Crippen molar-refractivity contribution in [2.75, 3.05) is 28.4 Å². The highest BCUT2D eigenvalue weighted by molar-refractivity contribution is 6.31. The molecule has 0 bridgehead atoms. The zero-order valence-corrected chi connectivity index (χ0v) is 23.5. The summed E-state index contributed by atoms with van der Waals surface area (Å²) < 4.78 is 21.3. The Balaban J connectivity index is 2.17. The topological polar surface area (TPSA) is 183 Å². The molecule has 3 aliphatic carbocycles. The molecular weight excluding hydrogens is 552 g/mol. The average molecular weight is 579 g/mol. The van der Waals surface area contributed by atoms with Crippen molar-refractivity contribution in [2.45, 2.75) is 31.8 Å². The Bertz CT molecular complexity index is 1740. The Labute approximate surface area is 238 Å². The number of aliphatic hydroxyl groups is 1. The number of hydrogen-bond acceptors (Lipinski definition) is 12. The molecule has 0 aromatic heterocycles. The minimum Gasteiger partial charge on any atom is -0.504 e. The van der Waals surface area contributed by atoms with Gasteiger partial charge in [0.05, 0.1) is 51.1 Å². The minimum absolute atomic E-state index is 0.0500. The van der Waals surface area contributed by atoms with E-state index in [0.717, 1.165) is 33.5 Å². The van der Waals surface area contributed by atoms with E-state index in [1.165, 1.54) is 21.0 Å². The molecule has 0 heterocycles. The number of methoxy groups -OCH3 is 4. The zero-order chi connectivity index (χ0) is 31.0. The van der Waals surface area contributed by atoms with E-state index in [2.05, 4.69) is 0 Å². The van der Waals surface area contributed by atoms with Crippen molar-refractivity contribution in [2.24, 2.45) is 0 Å². The molecule has 3 aliphatic rings. The lowest BCUT2D eigenvalue weighted by Gasteiger charge is -2.32. The van der Waals surface area contributed by atoms with Crippen LogP contribution in [0.1, 0.15) is 72.3 Å². The monoisotopic (exact) mass is 578 g/mol. The lowest BCUT2D eigenvalue weighted by Crippen LogP contribution is -2.39. The SMILES string of the molecule is COC1=CC(=O)c2c(O)c(OC)c3c(c2C1=O)-c1c2c(c(O)c(OC)c1[C@@H](C(C)=O)[C@@](C)(O)C3)C(=O)C=C(OC)C2=O. The number of rotatable bonds is 5. The van der Waals surface area contributed by atoms with Gasteiger partial charge in [-0.1, -0.05) is 0 Å². The van der Waals surface area contributed by atoms with Gasteiger partial charge in [-0.05, 0) is 13.8 Å². The standard InChI is InChI=1S/C30H26O12/c1-10(31)23-22-19(21-18(27(37)29(22)42-6)13(33)8-15(40-4)25(21)35)16-11(9-30(23,2)38)28(41-5)26(36)17-12(32)7-14(39-3)24(34)20(16)17/h7-8,23,36-38H,9H2,1-6H3/t23-,30+/m1/s1. The number of benzene rings is 2. The van der Waals surface area contributed by atoms with Crippen molar-refractivity contribution in [3.05, 3.63) is 57.1 Å². The molecule has 218 valence electrons. The van der Waals surface area contributed by atoms with Crippen LogP contribution in [0.2, 0.25) is 0 Å². The summed E-state index contributed by atoms with van der Waals surface area (Å²) in [6, 6.07) is 0. The van der Waals surface area contributed by atoms with E-state index in [-0.39, 0.29) is 33.8 Å². The van der Waals surface area contributed by atoms with Crippen LogP contribution in [0.15, 0.2) is 23.7 Å². The maximum absolute atomic E-state index is 13.9. The van der Waals surface area contributed by atoms with Crippen molar-refractivity contribution >= 4 is 28.9 Å². The summed E-state index contributed by atoms with van der Waals surface area (Å²) in [6.45, 7) is 2.48. The van der Waals surface area contributed by atoms with Crippen LogP contribution in [0.25, 0.3) is 11.1 Å². The first-order valence-corrected chi connectivity index (χ1v) is 12.6. The molecule has 12 nitrogen and oxygen atoms in total. The number of aromatic hydroxyl groups is 2. The molecule has 12 heteroatoms. The van der Waals surface area contributed by atoms with E-state index in [0.29, 0.717) is 0 Å². The van der Waals surface area contributed by atoms with Gasteiger partial charge in [-0.15, -0.1) is 0 Å². The van der Waals surface area contributed by atoms with Crippen LogP contribution in [0.4, 0.5) is 0 Å². The second-order valence-corrected chi connectivity index (χ2v) is 10.3. The highest BCUT2D eigenvalue weighted by atomic mass is 16.5. The number of phenolic OH excluding ortho intramolecular Hbond substituents is 2. The van der Waals surface area contributed by atoms with Gasteiger partial charge in [0.2, 0.25) is 11.6 Å². The lowest BCUT2D eigenvalue weighted by atomic mass is 9.74. The van der Waals surface area contributed by atoms with Crippen molar-refractivity contribution in [1.82, 2.24) is 0 Å². The van der Waals surface area contributed by atoms with E-state index >= 15 is 0 Å². The molecular formula is C30H26O12. The fourth-order valence-electron chi connectivity index (χ4n) is 6.31. The minimum atomic E-state index is -2.02. The first-order valence-electron chi connectivity index (χ1n) is 12.6. The highest BCUT2D eigenvalue weighted by Gasteiger charge is 2.50. The number of phenols is 2. The summed E-state index contributed by atoms with van der Waals surface area (Å²) in [5, 5.41) is 34.4. The summed E-state index contributed by atoms with van der Waals surface area (Å²) in [5.74, 6) is -8.60. The van der Waals surface area contributed by atoms with E-state index in [4.69, 9.17) is 18.9 Å². The fraction of sp³-hybridized carbons (Fsp3) is 0.300. The number of ether oxygens (including phenoxy) is 4. The Hall–Kier alpha value is -4.97. The largest absolute Gasteiger partial charge is 0.504 e. The average Bonchev–Trinajstić information content (AvgIpc) is 3.02. The van der Waals surface area contributed by atoms with E-state index in [1.54, 1.807) is 0 Å². The highest BCUT2D eigenvalue weighted by Crippen LogP contribution is 2.58. The molecule has 0 spiro atoms. The quantitative estimate of drug-likeness (QED) is 0.472. The van der Waals surface area contributed by atoms with Crippen molar-refractivity contribution < 1.29 is 58.2 Å². The van der Waals surface area contributed by atoms with Gasteiger partial charge in [0.15, 0.2) is 46.1 Å². The lowest BCUT2D eigenvalue weighted by molar-refractivity contribution is -0.124. The van der Waals surface area contributed by atoms with Gasteiger partial charge in [-0.2, -0.15) is 0 Å². The predicted molar refractivity (Wildman–Crippen MR) is 144 cm³/mol. The van der Waals surface area contributed by atoms with Gasteiger partial charge in [-0.3, -0.25) is 24.0 Å².